The Kier molecular flexibility index (Phi) is 6.31. The maximum Gasteiger partial charge on any atom is 0.257 e. The molecular formula is C16H24ClN3O4S. The van der Waals surface area contributed by atoms with E-state index < -0.39 is 10.0 Å². The quantitative estimate of drug-likeness (QED) is 0.792. The zero-order valence-electron chi connectivity index (χ0n) is 14.9. The normalized spacial score (nSPS) is 18.4. The Bertz CT molecular complexity index is 752. The molecular weight excluding hydrogens is 366 g/mol. The summed E-state index contributed by atoms with van der Waals surface area (Å²) in [5.41, 5.74) is 0.129. The van der Waals surface area contributed by atoms with E-state index in [0.717, 1.165) is 13.0 Å². The number of rotatable bonds is 6. The topological polar surface area (TPSA) is 79.0 Å². The predicted molar refractivity (Wildman–Crippen MR) is 96.8 cm³/mol. The summed E-state index contributed by atoms with van der Waals surface area (Å²) in [5.74, 6) is -0.0849. The van der Waals surface area contributed by atoms with Crippen molar-refractivity contribution in [2.24, 2.45) is 5.92 Å². The zero-order valence-corrected chi connectivity index (χ0v) is 16.4. The van der Waals surface area contributed by atoms with Gasteiger partial charge in [-0.2, -0.15) is 4.31 Å². The van der Waals surface area contributed by atoms with Crippen molar-refractivity contribution < 1.29 is 17.9 Å². The number of hydrogen-bond donors (Lipinski definition) is 1. The van der Waals surface area contributed by atoms with Gasteiger partial charge in [-0.05, 0) is 38.1 Å². The second-order valence-corrected chi connectivity index (χ2v) is 8.60. The van der Waals surface area contributed by atoms with Gasteiger partial charge in [0.15, 0.2) is 5.75 Å². The molecule has 1 N–H and O–H groups in total. The van der Waals surface area contributed by atoms with Crippen LogP contribution in [0.4, 0.5) is 0 Å². The summed E-state index contributed by atoms with van der Waals surface area (Å²) in [7, 11) is 2.55. The third kappa shape index (κ3) is 4.08. The molecule has 1 atom stereocenters. The summed E-state index contributed by atoms with van der Waals surface area (Å²) in [6.07, 6.45) is 0.784. The zero-order chi connectivity index (χ0) is 18.8. The molecule has 1 saturated heterocycles. The number of carbonyl (C=O) groups excluding carboxylic acids is 1. The minimum Gasteiger partial charge on any atom is -0.494 e. The molecule has 7 nitrogen and oxygen atoms in total. The molecule has 1 aromatic rings. The summed E-state index contributed by atoms with van der Waals surface area (Å²) in [6, 6.07) is 2.77. The first-order valence-corrected chi connectivity index (χ1v) is 9.78. The van der Waals surface area contributed by atoms with Crippen molar-refractivity contribution in [3.8, 4) is 5.75 Å². The smallest absolute Gasteiger partial charge is 0.257 e. The Morgan fingerprint density at radius 1 is 1.44 bits per heavy atom. The van der Waals surface area contributed by atoms with E-state index in [4.69, 9.17) is 16.3 Å². The van der Waals surface area contributed by atoms with Crippen LogP contribution in [0.25, 0.3) is 0 Å². The summed E-state index contributed by atoms with van der Waals surface area (Å²) in [5, 5.41) is 3.25. The highest BCUT2D eigenvalue weighted by atomic mass is 35.5. The van der Waals surface area contributed by atoms with Crippen LogP contribution in [-0.2, 0) is 10.0 Å². The molecule has 1 heterocycles. The first kappa shape index (κ1) is 20.0. The van der Waals surface area contributed by atoms with Crippen molar-refractivity contribution >= 4 is 27.5 Å². The third-order valence-electron chi connectivity index (χ3n) is 4.22. The molecule has 1 fully saturated rings. The fourth-order valence-corrected chi connectivity index (χ4v) is 5.00. The average Bonchev–Trinajstić information content (AvgIpc) is 3.03. The molecule has 0 aromatic heterocycles. The van der Waals surface area contributed by atoms with Crippen molar-refractivity contribution in [3.63, 3.8) is 0 Å². The Balaban J connectivity index is 2.49. The van der Waals surface area contributed by atoms with Crippen molar-refractivity contribution in [3.05, 3.63) is 22.7 Å². The lowest BCUT2D eigenvalue weighted by molar-refractivity contribution is 0.0823. The van der Waals surface area contributed by atoms with Crippen molar-refractivity contribution in [1.29, 1.82) is 0 Å². The standard InChI is InChI=1S/C16H24ClN3O4S/c1-18-9-11-5-6-20(10-11)25(22,23)14-8-12(17)7-13(15(14)24-4)16(21)19(2)3/h7-8,11,18H,5-6,9-10H2,1-4H3. The van der Waals surface area contributed by atoms with Gasteiger partial charge in [0.25, 0.3) is 5.91 Å². The van der Waals surface area contributed by atoms with Gasteiger partial charge in [-0.25, -0.2) is 8.42 Å². The molecule has 0 bridgehead atoms. The summed E-state index contributed by atoms with van der Waals surface area (Å²) < 4.78 is 32.9. The second kappa shape index (κ2) is 7.90. The van der Waals surface area contributed by atoms with Crippen LogP contribution in [0.5, 0.6) is 5.75 Å². The number of nitrogens with zero attached hydrogens (tertiary/aromatic N) is 2. The molecule has 0 saturated carbocycles. The van der Waals surface area contributed by atoms with E-state index >= 15 is 0 Å². The molecule has 9 heteroatoms. The van der Waals surface area contributed by atoms with Gasteiger partial charge in [-0.1, -0.05) is 11.6 Å². The van der Waals surface area contributed by atoms with Gasteiger partial charge >= 0.3 is 0 Å². The minimum absolute atomic E-state index is 0.0279. The largest absolute Gasteiger partial charge is 0.494 e. The summed E-state index contributed by atoms with van der Waals surface area (Å²) in [4.78, 5) is 13.7. The number of halogens is 1. The lowest BCUT2D eigenvalue weighted by Crippen LogP contribution is -2.31. The van der Waals surface area contributed by atoms with E-state index in [1.807, 2.05) is 7.05 Å². The van der Waals surface area contributed by atoms with Crippen LogP contribution in [0, 0.1) is 5.92 Å². The van der Waals surface area contributed by atoms with E-state index in [2.05, 4.69) is 5.32 Å². The van der Waals surface area contributed by atoms with Gasteiger partial charge < -0.3 is 15.0 Å². The predicted octanol–water partition coefficient (Wildman–Crippen LogP) is 1.28. The van der Waals surface area contributed by atoms with Gasteiger partial charge in [-0.3, -0.25) is 4.79 Å². The lowest BCUT2D eigenvalue weighted by Gasteiger charge is -2.21. The fraction of sp³-hybridized carbons (Fsp3) is 0.562. The van der Waals surface area contributed by atoms with Crippen LogP contribution in [0.1, 0.15) is 16.8 Å². The highest BCUT2D eigenvalue weighted by molar-refractivity contribution is 7.89. The van der Waals surface area contributed by atoms with Crippen LogP contribution < -0.4 is 10.1 Å². The number of carbonyl (C=O) groups is 1. The highest BCUT2D eigenvalue weighted by Crippen LogP contribution is 2.35. The first-order chi connectivity index (χ1) is 11.7. The molecule has 140 valence electrons. The van der Waals surface area contributed by atoms with E-state index in [1.54, 1.807) is 14.1 Å². The molecule has 0 radical (unpaired) electrons. The molecule has 1 aromatic carbocycles. The molecule has 25 heavy (non-hydrogen) atoms. The Hall–Kier alpha value is -1.35. The molecule has 2 rings (SSSR count). The van der Waals surface area contributed by atoms with Gasteiger partial charge in [0.1, 0.15) is 4.90 Å². The van der Waals surface area contributed by atoms with E-state index in [-0.39, 0.29) is 33.1 Å². The van der Waals surface area contributed by atoms with Crippen molar-refractivity contribution in [2.45, 2.75) is 11.3 Å². The number of nitrogens with one attached hydrogen (secondary N) is 1. The van der Waals surface area contributed by atoms with E-state index in [9.17, 15) is 13.2 Å². The summed E-state index contributed by atoms with van der Waals surface area (Å²) >= 11 is 6.10. The molecule has 0 spiro atoms. The summed E-state index contributed by atoms with van der Waals surface area (Å²) in [6.45, 7) is 1.61. The maximum atomic E-state index is 13.1. The molecule has 1 amide bonds. The Morgan fingerprint density at radius 3 is 2.68 bits per heavy atom. The average molecular weight is 390 g/mol. The fourth-order valence-electron chi connectivity index (χ4n) is 2.98. The monoisotopic (exact) mass is 389 g/mol. The van der Waals surface area contributed by atoms with Crippen LogP contribution in [0.15, 0.2) is 17.0 Å². The molecule has 1 unspecified atom stereocenters. The van der Waals surface area contributed by atoms with Crippen LogP contribution in [0.2, 0.25) is 5.02 Å². The van der Waals surface area contributed by atoms with Crippen LogP contribution in [0.3, 0.4) is 0 Å². The van der Waals surface area contributed by atoms with Crippen molar-refractivity contribution in [1.82, 2.24) is 14.5 Å². The lowest BCUT2D eigenvalue weighted by atomic mass is 10.1. The SMILES string of the molecule is CNCC1CCN(S(=O)(=O)c2cc(Cl)cc(C(=O)N(C)C)c2OC)C1. The van der Waals surface area contributed by atoms with Gasteiger partial charge in [-0.15, -0.1) is 0 Å². The van der Waals surface area contributed by atoms with Crippen LogP contribution in [-0.4, -0.2) is 71.4 Å². The van der Waals surface area contributed by atoms with Gasteiger partial charge in [0.05, 0.1) is 12.7 Å². The van der Waals surface area contributed by atoms with E-state index in [0.29, 0.717) is 13.1 Å². The Labute approximate surface area is 153 Å². The number of hydrogen-bond acceptors (Lipinski definition) is 5. The molecule has 1 aliphatic heterocycles. The maximum absolute atomic E-state index is 13.1. The number of benzene rings is 1. The van der Waals surface area contributed by atoms with Gasteiger partial charge in [0, 0.05) is 32.2 Å². The van der Waals surface area contributed by atoms with E-state index in [1.165, 1.54) is 28.4 Å². The number of sulfonamides is 1. The first-order valence-electron chi connectivity index (χ1n) is 7.96. The third-order valence-corrected chi connectivity index (χ3v) is 6.31. The van der Waals surface area contributed by atoms with Gasteiger partial charge in [0.2, 0.25) is 10.0 Å². The Morgan fingerprint density at radius 2 is 2.12 bits per heavy atom. The molecule has 0 aliphatic carbocycles. The highest BCUT2D eigenvalue weighted by Gasteiger charge is 2.35. The number of ether oxygens (including phenoxy) is 1. The second-order valence-electron chi connectivity index (χ2n) is 6.26. The van der Waals surface area contributed by atoms with Crippen molar-refractivity contribution in [2.75, 3.05) is 47.9 Å². The number of amides is 1. The number of methoxy groups -OCH3 is 1. The van der Waals surface area contributed by atoms with Crippen LogP contribution >= 0.6 is 11.6 Å². The minimum atomic E-state index is -3.81. The molecule has 1 aliphatic rings.